The normalized spacial score (nSPS) is 33.7. The van der Waals surface area contributed by atoms with E-state index in [0.29, 0.717) is 6.42 Å². The van der Waals surface area contributed by atoms with Gasteiger partial charge >= 0.3 is 11.9 Å². The molecule has 1 aliphatic carbocycles. The molecular formula is C11H18O4. The van der Waals surface area contributed by atoms with E-state index < -0.39 is 17.3 Å². The van der Waals surface area contributed by atoms with Crippen LogP contribution in [-0.4, -0.2) is 24.2 Å². The molecular weight excluding hydrogens is 196 g/mol. The van der Waals surface area contributed by atoms with Crippen molar-refractivity contribution in [2.45, 2.75) is 27.2 Å². The average Bonchev–Trinajstić information content (AvgIpc) is 2.35. The molecule has 1 N–H and O–H groups in total. The number of hydrogen-bond donors (Lipinski definition) is 1. The molecule has 0 heterocycles. The van der Waals surface area contributed by atoms with Gasteiger partial charge in [-0.1, -0.05) is 20.8 Å². The maximum atomic E-state index is 11.6. The van der Waals surface area contributed by atoms with E-state index in [0.717, 1.165) is 0 Å². The van der Waals surface area contributed by atoms with Crippen molar-refractivity contribution in [3.63, 3.8) is 0 Å². The fraction of sp³-hybridized carbons (Fsp3) is 0.818. The van der Waals surface area contributed by atoms with Gasteiger partial charge in [0.1, 0.15) is 0 Å². The highest BCUT2D eigenvalue weighted by Gasteiger charge is 2.54. The van der Waals surface area contributed by atoms with Crippen LogP contribution in [0.25, 0.3) is 0 Å². The van der Waals surface area contributed by atoms with Crippen molar-refractivity contribution in [1.82, 2.24) is 0 Å². The van der Waals surface area contributed by atoms with Crippen molar-refractivity contribution in [3.05, 3.63) is 0 Å². The van der Waals surface area contributed by atoms with Crippen LogP contribution in [0.1, 0.15) is 27.2 Å². The van der Waals surface area contributed by atoms with Crippen LogP contribution >= 0.6 is 0 Å². The lowest BCUT2D eigenvalue weighted by molar-refractivity contribution is -0.153. The second kappa shape index (κ2) is 3.83. The molecule has 1 saturated carbocycles. The van der Waals surface area contributed by atoms with Crippen molar-refractivity contribution in [1.29, 1.82) is 0 Å². The van der Waals surface area contributed by atoms with Gasteiger partial charge in [0.2, 0.25) is 0 Å². The molecule has 3 atom stereocenters. The number of carboxylic acid groups (broad SMARTS) is 1. The number of aliphatic carboxylic acids is 1. The summed E-state index contributed by atoms with van der Waals surface area (Å²) in [6.07, 6.45) is 0.544. The molecule has 0 aromatic heterocycles. The standard InChI is InChI=1S/C11H18O4/c1-6-5-7(9(12)13)11(2,3)8(6)10(14)15-4/h6-8H,5H2,1-4H3,(H,12,13)/t6-,7-,8-/m1/s1. The number of carbonyl (C=O) groups is 2. The Hall–Kier alpha value is -1.06. The maximum Gasteiger partial charge on any atom is 0.309 e. The van der Waals surface area contributed by atoms with Crippen LogP contribution < -0.4 is 0 Å². The Morgan fingerprint density at radius 2 is 1.93 bits per heavy atom. The third-order valence-electron chi connectivity index (χ3n) is 3.63. The first-order valence-electron chi connectivity index (χ1n) is 5.13. The first kappa shape index (κ1) is 12.0. The molecule has 0 amide bonds. The van der Waals surface area contributed by atoms with Gasteiger partial charge in [0.25, 0.3) is 0 Å². The molecule has 1 rings (SSSR count). The highest BCUT2D eigenvalue weighted by atomic mass is 16.5. The molecule has 0 aliphatic heterocycles. The van der Waals surface area contributed by atoms with Crippen molar-refractivity contribution in [2.24, 2.45) is 23.2 Å². The predicted octanol–water partition coefficient (Wildman–Crippen LogP) is 1.54. The fourth-order valence-corrected chi connectivity index (χ4v) is 2.84. The Morgan fingerprint density at radius 1 is 1.40 bits per heavy atom. The van der Waals surface area contributed by atoms with E-state index >= 15 is 0 Å². The third-order valence-corrected chi connectivity index (χ3v) is 3.63. The number of ether oxygens (including phenoxy) is 1. The SMILES string of the molecule is COC(=O)[C@H]1[C@H](C)C[C@H](C(=O)O)C1(C)C. The predicted molar refractivity (Wildman–Crippen MR) is 54.2 cm³/mol. The Bertz CT molecular complexity index is 282. The van der Waals surface area contributed by atoms with Crippen molar-refractivity contribution >= 4 is 11.9 Å². The Morgan fingerprint density at radius 3 is 2.27 bits per heavy atom. The largest absolute Gasteiger partial charge is 0.481 e. The van der Waals surface area contributed by atoms with Gasteiger partial charge in [-0.15, -0.1) is 0 Å². The summed E-state index contributed by atoms with van der Waals surface area (Å²) in [5.41, 5.74) is -0.529. The first-order chi connectivity index (χ1) is 6.82. The zero-order chi connectivity index (χ0) is 11.8. The van der Waals surface area contributed by atoms with Crippen LogP contribution in [-0.2, 0) is 14.3 Å². The number of carboxylic acids is 1. The highest BCUT2D eigenvalue weighted by molar-refractivity contribution is 5.78. The number of rotatable bonds is 2. The summed E-state index contributed by atoms with van der Waals surface area (Å²) >= 11 is 0. The lowest BCUT2D eigenvalue weighted by atomic mass is 9.74. The zero-order valence-electron chi connectivity index (χ0n) is 9.61. The van der Waals surface area contributed by atoms with Gasteiger partial charge in [-0.2, -0.15) is 0 Å². The molecule has 1 fully saturated rings. The highest BCUT2D eigenvalue weighted by Crippen LogP contribution is 2.51. The lowest BCUT2D eigenvalue weighted by Gasteiger charge is -2.29. The molecule has 0 radical (unpaired) electrons. The van der Waals surface area contributed by atoms with Crippen molar-refractivity contribution < 1.29 is 19.4 Å². The van der Waals surface area contributed by atoms with Gasteiger partial charge in [0, 0.05) is 0 Å². The Labute approximate surface area is 89.6 Å². The molecule has 0 aromatic rings. The van der Waals surface area contributed by atoms with Gasteiger partial charge in [-0.05, 0) is 17.8 Å². The van der Waals surface area contributed by atoms with Crippen molar-refractivity contribution in [2.75, 3.05) is 7.11 Å². The quantitative estimate of drug-likeness (QED) is 0.708. The Balaban J connectivity index is 3.00. The molecule has 0 spiro atoms. The second-order valence-electron chi connectivity index (χ2n) is 4.93. The summed E-state index contributed by atoms with van der Waals surface area (Å²) in [6, 6.07) is 0. The minimum absolute atomic E-state index is 0.0635. The molecule has 86 valence electrons. The molecule has 1 aliphatic rings. The van der Waals surface area contributed by atoms with E-state index in [2.05, 4.69) is 0 Å². The van der Waals surface area contributed by atoms with Crippen LogP contribution in [0.5, 0.6) is 0 Å². The van der Waals surface area contributed by atoms with Crippen LogP contribution in [0.15, 0.2) is 0 Å². The lowest BCUT2D eigenvalue weighted by Crippen LogP contribution is -2.36. The zero-order valence-corrected chi connectivity index (χ0v) is 9.61. The fourth-order valence-electron chi connectivity index (χ4n) is 2.84. The van der Waals surface area contributed by atoms with Gasteiger partial charge < -0.3 is 9.84 Å². The van der Waals surface area contributed by atoms with Crippen LogP contribution in [0.3, 0.4) is 0 Å². The van der Waals surface area contributed by atoms with Gasteiger partial charge in [-0.25, -0.2) is 0 Å². The summed E-state index contributed by atoms with van der Waals surface area (Å²) in [4.78, 5) is 22.7. The maximum absolute atomic E-state index is 11.6. The average molecular weight is 214 g/mol. The molecule has 0 aromatic carbocycles. The molecule has 0 bridgehead atoms. The molecule has 0 unspecified atom stereocenters. The number of methoxy groups -OCH3 is 1. The van der Waals surface area contributed by atoms with Crippen molar-refractivity contribution in [3.8, 4) is 0 Å². The monoisotopic (exact) mass is 214 g/mol. The van der Waals surface area contributed by atoms with E-state index in [1.807, 2.05) is 20.8 Å². The van der Waals surface area contributed by atoms with Crippen LogP contribution in [0, 0.1) is 23.2 Å². The third kappa shape index (κ3) is 1.85. The van der Waals surface area contributed by atoms with E-state index in [-0.39, 0.29) is 17.8 Å². The summed E-state index contributed by atoms with van der Waals surface area (Å²) in [7, 11) is 1.35. The minimum atomic E-state index is -0.821. The smallest absolute Gasteiger partial charge is 0.309 e. The van der Waals surface area contributed by atoms with E-state index in [4.69, 9.17) is 9.84 Å². The van der Waals surface area contributed by atoms with Crippen LogP contribution in [0.4, 0.5) is 0 Å². The second-order valence-corrected chi connectivity index (χ2v) is 4.93. The molecule has 4 nitrogen and oxygen atoms in total. The minimum Gasteiger partial charge on any atom is -0.481 e. The topological polar surface area (TPSA) is 63.6 Å². The van der Waals surface area contributed by atoms with Gasteiger partial charge in [0.05, 0.1) is 18.9 Å². The Kier molecular flexibility index (Phi) is 3.07. The van der Waals surface area contributed by atoms with E-state index in [1.165, 1.54) is 7.11 Å². The first-order valence-corrected chi connectivity index (χ1v) is 5.13. The van der Waals surface area contributed by atoms with Gasteiger partial charge in [0.15, 0.2) is 0 Å². The van der Waals surface area contributed by atoms with Gasteiger partial charge in [-0.3, -0.25) is 9.59 Å². The van der Waals surface area contributed by atoms with E-state index in [1.54, 1.807) is 0 Å². The summed E-state index contributed by atoms with van der Waals surface area (Å²) < 4.78 is 4.74. The molecule has 15 heavy (non-hydrogen) atoms. The molecule has 4 heteroatoms. The summed E-state index contributed by atoms with van der Waals surface area (Å²) in [5.74, 6) is -1.83. The summed E-state index contributed by atoms with van der Waals surface area (Å²) in [5, 5.41) is 9.09. The molecule has 0 saturated heterocycles. The van der Waals surface area contributed by atoms with Crippen LogP contribution in [0.2, 0.25) is 0 Å². The number of esters is 1. The number of hydrogen-bond acceptors (Lipinski definition) is 3. The summed E-state index contributed by atoms with van der Waals surface area (Å²) in [6.45, 7) is 5.57. The van der Waals surface area contributed by atoms with E-state index in [9.17, 15) is 9.59 Å². The number of carbonyl (C=O) groups excluding carboxylic acids is 1.